The largest absolute Gasteiger partial charge is 0.370 e. The molecule has 0 aromatic carbocycles. The maximum Gasteiger partial charge on any atom is 0.242 e. The van der Waals surface area contributed by atoms with Crippen molar-refractivity contribution in [3.05, 3.63) is 24.5 Å². The second-order valence-corrected chi connectivity index (χ2v) is 7.45. The predicted octanol–water partition coefficient (Wildman–Crippen LogP) is 0.987. The zero-order chi connectivity index (χ0) is 16.5. The van der Waals surface area contributed by atoms with Gasteiger partial charge >= 0.3 is 0 Å². The number of aliphatic imine (C=N–C) groups is 1. The van der Waals surface area contributed by atoms with Gasteiger partial charge in [0.25, 0.3) is 0 Å². The first-order valence-corrected chi connectivity index (χ1v) is 9.52. The van der Waals surface area contributed by atoms with Crippen molar-refractivity contribution >= 4 is 16.0 Å². The van der Waals surface area contributed by atoms with Gasteiger partial charge in [0.15, 0.2) is 5.96 Å². The summed E-state index contributed by atoms with van der Waals surface area (Å²) in [6.45, 7) is 0.495. The quantitative estimate of drug-likeness (QED) is 0.310. The molecule has 8 heteroatoms. The van der Waals surface area contributed by atoms with Crippen molar-refractivity contribution in [2.45, 2.75) is 49.5 Å². The number of nitrogens with one attached hydrogen (secondary N) is 2. The highest BCUT2D eigenvalue weighted by Gasteiger charge is 2.13. The summed E-state index contributed by atoms with van der Waals surface area (Å²) < 4.78 is 26.5. The third kappa shape index (κ3) is 6.15. The molecule has 1 aliphatic carbocycles. The Morgan fingerprint density at radius 3 is 2.70 bits per heavy atom. The van der Waals surface area contributed by atoms with E-state index in [9.17, 15) is 8.42 Å². The van der Waals surface area contributed by atoms with E-state index in [-0.39, 0.29) is 11.4 Å². The number of sulfonamides is 1. The Morgan fingerprint density at radius 2 is 2.04 bits per heavy atom. The molecule has 1 aliphatic rings. The number of rotatable bonds is 6. The number of hydrogen-bond donors (Lipinski definition) is 3. The standard InChI is InChI=1S/C15H25N5O2S/c16-15(20-13-6-3-1-2-4-7-13)18-10-11-19-23(21,22)14-8-5-9-17-12-14/h5,8-9,12-13,19H,1-4,6-7,10-11H2,(H3,16,18,20). The maximum absolute atomic E-state index is 12.0. The fourth-order valence-electron chi connectivity index (χ4n) is 2.62. The molecule has 0 unspecified atom stereocenters. The molecule has 0 bridgehead atoms. The number of nitrogens with zero attached hydrogens (tertiary/aromatic N) is 2. The van der Waals surface area contributed by atoms with Crippen LogP contribution in [0.4, 0.5) is 0 Å². The van der Waals surface area contributed by atoms with Gasteiger partial charge in [-0.15, -0.1) is 0 Å². The second-order valence-electron chi connectivity index (χ2n) is 5.69. The average Bonchev–Trinajstić information content (AvgIpc) is 2.81. The van der Waals surface area contributed by atoms with E-state index in [0.29, 0.717) is 18.5 Å². The van der Waals surface area contributed by atoms with Crippen molar-refractivity contribution in [1.82, 2.24) is 15.0 Å². The van der Waals surface area contributed by atoms with Gasteiger partial charge in [-0.3, -0.25) is 9.98 Å². The SMILES string of the molecule is NC(=NCCNS(=O)(=O)c1cccnc1)NC1CCCCCC1. The number of guanidine groups is 1. The maximum atomic E-state index is 12.0. The fraction of sp³-hybridized carbons (Fsp3) is 0.600. The molecular formula is C15H25N5O2S. The van der Waals surface area contributed by atoms with Gasteiger partial charge in [-0.05, 0) is 25.0 Å². The molecule has 1 fully saturated rings. The number of hydrogen-bond acceptors (Lipinski definition) is 4. The zero-order valence-electron chi connectivity index (χ0n) is 13.2. The number of aromatic nitrogens is 1. The molecule has 0 spiro atoms. The van der Waals surface area contributed by atoms with Crippen molar-refractivity contribution in [2.24, 2.45) is 10.7 Å². The summed E-state index contributed by atoms with van der Waals surface area (Å²) in [5.41, 5.74) is 5.87. The van der Waals surface area contributed by atoms with Crippen LogP contribution in [0.1, 0.15) is 38.5 Å². The molecule has 0 atom stereocenters. The normalized spacial score (nSPS) is 17.7. The van der Waals surface area contributed by atoms with E-state index in [4.69, 9.17) is 5.73 Å². The van der Waals surface area contributed by atoms with E-state index in [1.807, 2.05) is 0 Å². The number of nitrogens with two attached hydrogens (primary N) is 1. The molecule has 1 aromatic rings. The Morgan fingerprint density at radius 1 is 1.30 bits per heavy atom. The minimum atomic E-state index is -3.53. The monoisotopic (exact) mass is 339 g/mol. The van der Waals surface area contributed by atoms with E-state index in [1.54, 1.807) is 6.07 Å². The van der Waals surface area contributed by atoms with E-state index in [2.05, 4.69) is 20.0 Å². The summed E-state index contributed by atoms with van der Waals surface area (Å²) in [5.74, 6) is 0.387. The zero-order valence-corrected chi connectivity index (χ0v) is 14.1. The molecule has 128 valence electrons. The van der Waals surface area contributed by atoms with Gasteiger partial charge in [0.2, 0.25) is 10.0 Å². The Hall–Kier alpha value is -1.67. The summed E-state index contributed by atoms with van der Waals surface area (Å²) >= 11 is 0. The topological polar surface area (TPSA) is 109 Å². The minimum absolute atomic E-state index is 0.147. The molecule has 1 saturated carbocycles. The Labute approximate surface area is 137 Å². The summed E-state index contributed by atoms with van der Waals surface area (Å²) in [4.78, 5) is 8.14. The van der Waals surface area contributed by atoms with Gasteiger partial charge < -0.3 is 11.1 Å². The molecule has 2 rings (SSSR count). The molecule has 0 amide bonds. The van der Waals surface area contributed by atoms with Gasteiger partial charge in [-0.2, -0.15) is 0 Å². The van der Waals surface area contributed by atoms with E-state index in [0.717, 1.165) is 12.8 Å². The first-order chi connectivity index (χ1) is 11.1. The van der Waals surface area contributed by atoms with Crippen LogP contribution < -0.4 is 15.8 Å². The van der Waals surface area contributed by atoms with E-state index in [1.165, 1.54) is 44.1 Å². The van der Waals surface area contributed by atoms with Crippen LogP contribution in [0.25, 0.3) is 0 Å². The Balaban J connectivity index is 1.75. The lowest BCUT2D eigenvalue weighted by atomic mass is 10.1. The molecule has 1 heterocycles. The molecule has 0 saturated heterocycles. The van der Waals surface area contributed by atoms with Crippen molar-refractivity contribution in [3.63, 3.8) is 0 Å². The highest BCUT2D eigenvalue weighted by molar-refractivity contribution is 7.89. The highest BCUT2D eigenvalue weighted by atomic mass is 32.2. The van der Waals surface area contributed by atoms with Crippen LogP contribution in [0.2, 0.25) is 0 Å². The fourth-order valence-corrected chi connectivity index (χ4v) is 3.61. The molecule has 0 radical (unpaired) electrons. The lowest BCUT2D eigenvalue weighted by Gasteiger charge is -2.16. The molecule has 7 nitrogen and oxygen atoms in total. The Bertz CT molecular complexity index is 596. The summed E-state index contributed by atoms with van der Waals surface area (Å²) in [7, 11) is -3.53. The first-order valence-electron chi connectivity index (χ1n) is 8.04. The molecule has 4 N–H and O–H groups in total. The minimum Gasteiger partial charge on any atom is -0.370 e. The molecule has 23 heavy (non-hydrogen) atoms. The van der Waals surface area contributed by atoms with Crippen LogP contribution in [-0.2, 0) is 10.0 Å². The average molecular weight is 339 g/mol. The van der Waals surface area contributed by atoms with Crippen LogP contribution in [0, 0.1) is 0 Å². The van der Waals surface area contributed by atoms with Crippen LogP contribution in [0.15, 0.2) is 34.4 Å². The third-order valence-electron chi connectivity index (χ3n) is 3.84. The molecule has 0 aliphatic heterocycles. The van der Waals surface area contributed by atoms with Crippen LogP contribution in [0.3, 0.4) is 0 Å². The second kappa shape index (κ2) is 8.83. The molecule has 1 aromatic heterocycles. The lowest BCUT2D eigenvalue weighted by molar-refractivity contribution is 0.530. The van der Waals surface area contributed by atoms with Crippen LogP contribution in [-0.4, -0.2) is 38.5 Å². The van der Waals surface area contributed by atoms with Gasteiger partial charge in [0.05, 0.1) is 6.54 Å². The van der Waals surface area contributed by atoms with E-state index >= 15 is 0 Å². The van der Waals surface area contributed by atoms with Crippen molar-refractivity contribution in [2.75, 3.05) is 13.1 Å². The van der Waals surface area contributed by atoms with Gasteiger partial charge in [-0.25, -0.2) is 13.1 Å². The highest BCUT2D eigenvalue weighted by Crippen LogP contribution is 2.16. The van der Waals surface area contributed by atoms with Gasteiger partial charge in [0.1, 0.15) is 4.90 Å². The number of pyridine rings is 1. The van der Waals surface area contributed by atoms with Crippen molar-refractivity contribution in [1.29, 1.82) is 0 Å². The third-order valence-corrected chi connectivity index (χ3v) is 5.28. The lowest BCUT2D eigenvalue weighted by Crippen LogP contribution is -2.40. The molecular weight excluding hydrogens is 314 g/mol. The Kier molecular flexibility index (Phi) is 6.79. The van der Waals surface area contributed by atoms with E-state index < -0.39 is 10.0 Å². The first kappa shape index (κ1) is 17.7. The summed E-state index contributed by atoms with van der Waals surface area (Å²) in [6, 6.07) is 3.47. The van der Waals surface area contributed by atoms with Crippen LogP contribution >= 0.6 is 0 Å². The van der Waals surface area contributed by atoms with Crippen molar-refractivity contribution < 1.29 is 8.42 Å². The summed E-state index contributed by atoms with van der Waals surface area (Å²) in [6.07, 6.45) is 10.1. The summed E-state index contributed by atoms with van der Waals surface area (Å²) in [5, 5.41) is 3.23. The smallest absolute Gasteiger partial charge is 0.242 e. The predicted molar refractivity (Wildman–Crippen MR) is 90.5 cm³/mol. The van der Waals surface area contributed by atoms with Crippen LogP contribution in [0.5, 0.6) is 0 Å². The van der Waals surface area contributed by atoms with Crippen molar-refractivity contribution in [3.8, 4) is 0 Å². The van der Waals surface area contributed by atoms with Gasteiger partial charge in [-0.1, -0.05) is 25.7 Å². The van der Waals surface area contributed by atoms with Gasteiger partial charge in [0, 0.05) is 25.0 Å².